The molecule has 6 heteroatoms. The summed E-state index contributed by atoms with van der Waals surface area (Å²) in [6.07, 6.45) is 3.35. The van der Waals surface area contributed by atoms with Crippen molar-refractivity contribution in [1.82, 2.24) is 4.90 Å². The zero-order valence-electron chi connectivity index (χ0n) is 13.1. The van der Waals surface area contributed by atoms with Crippen LogP contribution in [0.15, 0.2) is 29.7 Å². The standard InChI is InChI=1S/C17H19NO4S/c1-10(2)21-16(20)13-12-5-6-17(22-12)9-18(15(19)14(13)17)8-11-4-3-7-23-11/h3-7,10,12-14H,8-9H2,1-2H3. The molecule has 1 aromatic rings. The first-order valence-electron chi connectivity index (χ1n) is 7.89. The third-order valence-electron chi connectivity index (χ3n) is 4.73. The van der Waals surface area contributed by atoms with Gasteiger partial charge >= 0.3 is 5.97 Å². The number of esters is 1. The number of rotatable bonds is 4. The fourth-order valence-electron chi connectivity index (χ4n) is 3.88. The van der Waals surface area contributed by atoms with E-state index in [9.17, 15) is 9.59 Å². The number of carbonyl (C=O) groups excluding carboxylic acids is 2. The third kappa shape index (κ3) is 2.23. The first-order chi connectivity index (χ1) is 11.0. The van der Waals surface area contributed by atoms with E-state index in [1.807, 2.05) is 43.5 Å². The summed E-state index contributed by atoms with van der Waals surface area (Å²) < 4.78 is 11.4. The van der Waals surface area contributed by atoms with Gasteiger partial charge < -0.3 is 14.4 Å². The second-order valence-electron chi connectivity index (χ2n) is 6.66. The summed E-state index contributed by atoms with van der Waals surface area (Å²) in [6, 6.07) is 3.99. The number of amides is 1. The average molecular weight is 333 g/mol. The van der Waals surface area contributed by atoms with Crippen LogP contribution in [0.1, 0.15) is 18.7 Å². The zero-order valence-corrected chi connectivity index (χ0v) is 13.9. The van der Waals surface area contributed by atoms with Gasteiger partial charge in [-0.3, -0.25) is 9.59 Å². The number of hydrogen-bond donors (Lipinski definition) is 0. The van der Waals surface area contributed by atoms with Gasteiger partial charge in [-0.05, 0) is 25.3 Å². The molecular weight excluding hydrogens is 314 g/mol. The van der Waals surface area contributed by atoms with E-state index in [0.717, 1.165) is 4.88 Å². The van der Waals surface area contributed by atoms with Gasteiger partial charge in [0, 0.05) is 4.88 Å². The van der Waals surface area contributed by atoms with Crippen LogP contribution in [0.3, 0.4) is 0 Å². The van der Waals surface area contributed by atoms with Crippen LogP contribution in [-0.2, 0) is 25.6 Å². The molecular formula is C17H19NO4S. The largest absolute Gasteiger partial charge is 0.463 e. The molecule has 4 heterocycles. The summed E-state index contributed by atoms with van der Waals surface area (Å²) in [5.41, 5.74) is -0.653. The predicted molar refractivity (Wildman–Crippen MR) is 84.7 cm³/mol. The van der Waals surface area contributed by atoms with Crippen LogP contribution in [0.5, 0.6) is 0 Å². The molecule has 4 rings (SSSR count). The van der Waals surface area contributed by atoms with Crippen molar-refractivity contribution in [3.63, 3.8) is 0 Å². The Morgan fingerprint density at radius 2 is 2.39 bits per heavy atom. The highest BCUT2D eigenvalue weighted by Crippen LogP contribution is 2.52. The number of fused-ring (bicyclic) bond motifs is 1. The van der Waals surface area contributed by atoms with Crippen molar-refractivity contribution in [2.45, 2.75) is 38.2 Å². The summed E-state index contributed by atoms with van der Waals surface area (Å²) in [7, 11) is 0. The molecule has 1 aromatic heterocycles. The van der Waals surface area contributed by atoms with Crippen molar-refractivity contribution >= 4 is 23.2 Å². The van der Waals surface area contributed by atoms with E-state index in [2.05, 4.69) is 0 Å². The lowest BCUT2D eigenvalue weighted by Crippen LogP contribution is -2.40. The monoisotopic (exact) mass is 333 g/mol. The van der Waals surface area contributed by atoms with Gasteiger partial charge in [0.15, 0.2) is 0 Å². The number of hydrogen-bond acceptors (Lipinski definition) is 5. The maximum atomic E-state index is 12.9. The first-order valence-corrected chi connectivity index (χ1v) is 8.77. The Hall–Kier alpha value is -1.66. The van der Waals surface area contributed by atoms with Crippen molar-refractivity contribution in [3.8, 4) is 0 Å². The Morgan fingerprint density at radius 3 is 3.09 bits per heavy atom. The molecule has 2 bridgehead atoms. The van der Waals surface area contributed by atoms with E-state index in [-0.39, 0.29) is 24.1 Å². The lowest BCUT2D eigenvalue weighted by molar-refractivity contribution is -0.157. The van der Waals surface area contributed by atoms with Gasteiger partial charge in [-0.1, -0.05) is 18.2 Å². The molecule has 3 aliphatic rings. The number of thiophene rings is 1. The van der Waals surface area contributed by atoms with E-state index < -0.39 is 17.4 Å². The summed E-state index contributed by atoms with van der Waals surface area (Å²) in [5.74, 6) is -1.31. The number of carbonyl (C=O) groups is 2. The Labute approximate surface area is 138 Å². The van der Waals surface area contributed by atoms with E-state index in [4.69, 9.17) is 9.47 Å². The highest BCUT2D eigenvalue weighted by Gasteiger charge is 2.67. The van der Waals surface area contributed by atoms with E-state index >= 15 is 0 Å². The van der Waals surface area contributed by atoms with Gasteiger partial charge in [-0.2, -0.15) is 0 Å². The van der Waals surface area contributed by atoms with Gasteiger partial charge in [-0.15, -0.1) is 11.3 Å². The number of nitrogens with zero attached hydrogens (tertiary/aromatic N) is 1. The van der Waals surface area contributed by atoms with E-state index in [0.29, 0.717) is 13.1 Å². The Kier molecular flexibility index (Phi) is 3.35. The summed E-state index contributed by atoms with van der Waals surface area (Å²) >= 11 is 1.63. The SMILES string of the molecule is CC(C)OC(=O)C1C2C=CC3(CN(Cc4cccs4)C(=O)C13)O2. The molecule has 2 fully saturated rings. The van der Waals surface area contributed by atoms with E-state index in [1.165, 1.54) is 0 Å². The van der Waals surface area contributed by atoms with Crippen LogP contribution in [0.25, 0.3) is 0 Å². The number of ether oxygens (including phenoxy) is 2. The molecule has 0 radical (unpaired) electrons. The molecule has 4 unspecified atom stereocenters. The molecule has 1 spiro atoms. The van der Waals surface area contributed by atoms with Crippen molar-refractivity contribution in [3.05, 3.63) is 34.5 Å². The maximum Gasteiger partial charge on any atom is 0.313 e. The summed E-state index contributed by atoms with van der Waals surface area (Å²) in [6.45, 7) is 4.71. The topological polar surface area (TPSA) is 55.8 Å². The zero-order chi connectivity index (χ0) is 16.2. The van der Waals surface area contributed by atoms with Crippen LogP contribution >= 0.6 is 11.3 Å². The fourth-order valence-corrected chi connectivity index (χ4v) is 4.60. The van der Waals surface area contributed by atoms with Gasteiger partial charge in [0.05, 0.1) is 31.2 Å². The molecule has 5 nitrogen and oxygen atoms in total. The molecule has 0 N–H and O–H groups in total. The van der Waals surface area contributed by atoms with Crippen LogP contribution in [0, 0.1) is 11.8 Å². The summed E-state index contributed by atoms with van der Waals surface area (Å²) in [4.78, 5) is 28.3. The van der Waals surface area contributed by atoms with Crippen LogP contribution in [0.4, 0.5) is 0 Å². The highest BCUT2D eigenvalue weighted by atomic mass is 32.1. The van der Waals surface area contributed by atoms with Crippen molar-refractivity contribution in [1.29, 1.82) is 0 Å². The van der Waals surface area contributed by atoms with E-state index in [1.54, 1.807) is 16.2 Å². The third-order valence-corrected chi connectivity index (χ3v) is 5.59. The number of likely N-dealkylation sites (tertiary alicyclic amines) is 1. The molecule has 0 aromatic carbocycles. The van der Waals surface area contributed by atoms with Gasteiger partial charge in [0.2, 0.25) is 5.91 Å². The van der Waals surface area contributed by atoms with Crippen LogP contribution in [0.2, 0.25) is 0 Å². The lowest BCUT2D eigenvalue weighted by atomic mass is 9.77. The lowest BCUT2D eigenvalue weighted by Gasteiger charge is -2.23. The van der Waals surface area contributed by atoms with Crippen molar-refractivity contribution < 1.29 is 19.1 Å². The minimum absolute atomic E-state index is 0.00374. The molecule has 0 saturated carbocycles. The maximum absolute atomic E-state index is 12.9. The van der Waals surface area contributed by atoms with Crippen LogP contribution < -0.4 is 0 Å². The van der Waals surface area contributed by atoms with Gasteiger partial charge in [0.25, 0.3) is 0 Å². The predicted octanol–water partition coefficient (Wildman–Crippen LogP) is 1.98. The Bertz CT molecular complexity index is 668. The normalized spacial score (nSPS) is 34.5. The fraction of sp³-hybridized carbons (Fsp3) is 0.529. The molecule has 3 aliphatic heterocycles. The summed E-state index contributed by atoms with van der Waals surface area (Å²) in [5, 5.41) is 2.00. The van der Waals surface area contributed by atoms with Crippen molar-refractivity contribution in [2.24, 2.45) is 11.8 Å². The van der Waals surface area contributed by atoms with Crippen LogP contribution in [-0.4, -0.2) is 41.1 Å². The first kappa shape index (κ1) is 14.9. The molecule has 23 heavy (non-hydrogen) atoms. The molecule has 0 aliphatic carbocycles. The minimum atomic E-state index is -0.653. The van der Waals surface area contributed by atoms with Crippen molar-refractivity contribution in [2.75, 3.05) is 6.54 Å². The highest BCUT2D eigenvalue weighted by molar-refractivity contribution is 7.09. The smallest absolute Gasteiger partial charge is 0.313 e. The Balaban J connectivity index is 1.59. The quantitative estimate of drug-likeness (QED) is 0.624. The van der Waals surface area contributed by atoms with Gasteiger partial charge in [0.1, 0.15) is 11.5 Å². The second-order valence-corrected chi connectivity index (χ2v) is 7.69. The Morgan fingerprint density at radius 1 is 1.57 bits per heavy atom. The molecule has 4 atom stereocenters. The molecule has 2 saturated heterocycles. The minimum Gasteiger partial charge on any atom is -0.463 e. The van der Waals surface area contributed by atoms with Gasteiger partial charge in [-0.25, -0.2) is 0 Å². The molecule has 1 amide bonds. The second kappa shape index (κ2) is 5.18. The average Bonchev–Trinajstić information content (AvgIpc) is 3.21. The molecule has 122 valence electrons.